The molecule has 0 heterocycles. The Morgan fingerprint density at radius 1 is 0.966 bits per heavy atom. The lowest BCUT2D eigenvalue weighted by atomic mass is 10.0. The van der Waals surface area contributed by atoms with E-state index < -0.39 is 35.7 Å². The smallest absolute Gasteiger partial charge is 0.326 e. The first-order valence-electron chi connectivity index (χ1n) is 8.82. The lowest BCUT2D eigenvalue weighted by Gasteiger charge is -2.21. The maximum Gasteiger partial charge on any atom is 0.326 e. The maximum absolute atomic E-state index is 13.1. The van der Waals surface area contributed by atoms with Crippen LogP contribution in [0.4, 0.5) is 4.39 Å². The molecule has 150 valence electrons. The lowest BCUT2D eigenvalue weighted by molar-refractivity contribution is -0.142. The normalized spacial score (nSPS) is 12.3. The molecule has 0 aliphatic carbocycles. The fraction of sp³-hybridized carbons (Fsp3) is 0.238. The van der Waals surface area contributed by atoms with Gasteiger partial charge >= 0.3 is 5.97 Å². The van der Waals surface area contributed by atoms with Crippen LogP contribution in [0.2, 0.25) is 0 Å². The molecule has 0 unspecified atom stereocenters. The van der Waals surface area contributed by atoms with Crippen LogP contribution >= 0.6 is 0 Å². The third-order valence-corrected chi connectivity index (χ3v) is 4.18. The van der Waals surface area contributed by atoms with E-state index in [1.807, 2.05) is 6.07 Å². The molecule has 0 spiro atoms. The van der Waals surface area contributed by atoms with Gasteiger partial charge in [0.05, 0.1) is 11.6 Å². The Bertz CT molecular complexity index is 920. The van der Waals surface area contributed by atoms with E-state index in [2.05, 4.69) is 10.6 Å². The standard InChI is InChI=1S/C21H20FN3O4/c1-13(26)24-18(10-15-6-8-17(22)9-7-15)20(27)25-19(21(28)29)11-14-2-4-16(12-23)5-3-14/h2-9,18-19H,10-11H2,1H3,(H,24,26)(H,25,27)(H,28,29)/t18-,19+/m0/s1. The number of hydrogen-bond donors (Lipinski definition) is 3. The molecule has 2 aromatic rings. The molecule has 2 atom stereocenters. The molecule has 2 amide bonds. The number of carbonyl (C=O) groups excluding carboxylic acids is 2. The van der Waals surface area contributed by atoms with Crippen molar-refractivity contribution in [1.82, 2.24) is 10.6 Å². The molecule has 0 aromatic heterocycles. The van der Waals surface area contributed by atoms with Crippen molar-refractivity contribution in [2.75, 3.05) is 0 Å². The minimum absolute atomic E-state index is 0.0100. The number of nitriles is 1. The van der Waals surface area contributed by atoms with Gasteiger partial charge in [-0.3, -0.25) is 9.59 Å². The zero-order valence-corrected chi connectivity index (χ0v) is 15.7. The molecular formula is C21H20FN3O4. The monoisotopic (exact) mass is 397 g/mol. The van der Waals surface area contributed by atoms with Crippen LogP contribution in [0.25, 0.3) is 0 Å². The molecule has 0 radical (unpaired) electrons. The van der Waals surface area contributed by atoms with Crippen LogP contribution in [-0.2, 0) is 27.2 Å². The fourth-order valence-electron chi connectivity index (χ4n) is 2.73. The molecular weight excluding hydrogens is 377 g/mol. The Labute approximate surface area is 167 Å². The van der Waals surface area contributed by atoms with Gasteiger partial charge in [0.2, 0.25) is 11.8 Å². The van der Waals surface area contributed by atoms with Crippen LogP contribution in [0.15, 0.2) is 48.5 Å². The van der Waals surface area contributed by atoms with Gasteiger partial charge in [-0.25, -0.2) is 9.18 Å². The number of hydrogen-bond acceptors (Lipinski definition) is 4. The van der Waals surface area contributed by atoms with Crippen molar-refractivity contribution >= 4 is 17.8 Å². The molecule has 0 aliphatic heterocycles. The lowest BCUT2D eigenvalue weighted by Crippen LogP contribution is -2.52. The van der Waals surface area contributed by atoms with E-state index in [1.165, 1.54) is 31.2 Å². The number of amides is 2. The second-order valence-electron chi connectivity index (χ2n) is 6.50. The second-order valence-corrected chi connectivity index (χ2v) is 6.50. The Kier molecular flexibility index (Phi) is 7.43. The molecule has 8 heteroatoms. The first-order valence-corrected chi connectivity index (χ1v) is 8.82. The van der Waals surface area contributed by atoms with Gasteiger partial charge in [0.15, 0.2) is 0 Å². The van der Waals surface area contributed by atoms with Crippen molar-refractivity contribution in [2.24, 2.45) is 0 Å². The summed E-state index contributed by atoms with van der Waals surface area (Å²) >= 11 is 0. The predicted octanol–water partition coefficient (Wildman–Crippen LogP) is 1.56. The van der Waals surface area contributed by atoms with E-state index in [1.54, 1.807) is 24.3 Å². The molecule has 0 saturated heterocycles. The molecule has 2 rings (SSSR count). The minimum Gasteiger partial charge on any atom is -0.480 e. The topological polar surface area (TPSA) is 119 Å². The summed E-state index contributed by atoms with van der Waals surface area (Å²) in [5.74, 6) is -2.77. The average molecular weight is 397 g/mol. The van der Waals surface area contributed by atoms with Crippen molar-refractivity contribution in [1.29, 1.82) is 5.26 Å². The third-order valence-electron chi connectivity index (χ3n) is 4.18. The van der Waals surface area contributed by atoms with Crippen molar-refractivity contribution in [2.45, 2.75) is 31.8 Å². The number of nitrogens with zero attached hydrogens (tertiary/aromatic N) is 1. The van der Waals surface area contributed by atoms with Gasteiger partial charge in [0.25, 0.3) is 0 Å². The number of halogens is 1. The van der Waals surface area contributed by atoms with Crippen LogP contribution in [0.1, 0.15) is 23.6 Å². The zero-order valence-electron chi connectivity index (χ0n) is 15.7. The quantitative estimate of drug-likeness (QED) is 0.624. The van der Waals surface area contributed by atoms with Crippen molar-refractivity contribution in [3.63, 3.8) is 0 Å². The number of carboxylic acid groups (broad SMARTS) is 1. The summed E-state index contributed by atoms with van der Waals surface area (Å²) in [5.41, 5.74) is 1.68. The highest BCUT2D eigenvalue weighted by molar-refractivity contribution is 5.90. The first kappa shape index (κ1) is 21.6. The molecule has 29 heavy (non-hydrogen) atoms. The zero-order chi connectivity index (χ0) is 21.4. The highest BCUT2D eigenvalue weighted by atomic mass is 19.1. The largest absolute Gasteiger partial charge is 0.480 e. The summed E-state index contributed by atoms with van der Waals surface area (Å²) in [6.07, 6.45) is 0.0883. The second kappa shape index (κ2) is 9.99. The highest BCUT2D eigenvalue weighted by Gasteiger charge is 2.26. The van der Waals surface area contributed by atoms with Crippen molar-refractivity contribution in [3.8, 4) is 6.07 Å². The fourth-order valence-corrected chi connectivity index (χ4v) is 2.73. The summed E-state index contributed by atoms with van der Waals surface area (Å²) in [5, 5.41) is 23.2. The molecule has 0 fully saturated rings. The van der Waals surface area contributed by atoms with Gasteiger partial charge in [-0.1, -0.05) is 24.3 Å². The molecule has 0 aliphatic rings. The Hall–Kier alpha value is -3.73. The first-order chi connectivity index (χ1) is 13.8. The summed E-state index contributed by atoms with van der Waals surface area (Å²) in [6, 6.07) is 11.5. The number of carbonyl (C=O) groups is 3. The van der Waals surface area contributed by atoms with Crippen molar-refractivity contribution in [3.05, 3.63) is 71.0 Å². The third kappa shape index (κ3) is 6.74. The van der Waals surface area contributed by atoms with Crippen LogP contribution in [0.5, 0.6) is 0 Å². The van der Waals surface area contributed by atoms with Gasteiger partial charge in [0, 0.05) is 19.8 Å². The number of aliphatic carboxylic acids is 1. The van der Waals surface area contributed by atoms with Gasteiger partial charge in [-0.2, -0.15) is 5.26 Å². The minimum atomic E-state index is -1.23. The van der Waals surface area contributed by atoms with Gasteiger partial charge < -0.3 is 15.7 Å². The van der Waals surface area contributed by atoms with Gasteiger partial charge in [-0.05, 0) is 35.4 Å². The average Bonchev–Trinajstić information content (AvgIpc) is 2.68. The number of benzene rings is 2. The van der Waals surface area contributed by atoms with E-state index in [9.17, 15) is 23.9 Å². The molecule has 3 N–H and O–H groups in total. The van der Waals surface area contributed by atoms with E-state index in [-0.39, 0.29) is 12.8 Å². The molecule has 2 aromatic carbocycles. The Morgan fingerprint density at radius 2 is 1.48 bits per heavy atom. The summed E-state index contributed by atoms with van der Waals surface area (Å²) < 4.78 is 13.1. The van der Waals surface area contributed by atoms with E-state index in [0.717, 1.165) is 0 Å². The number of rotatable bonds is 8. The van der Waals surface area contributed by atoms with Crippen LogP contribution in [-0.4, -0.2) is 35.0 Å². The van der Waals surface area contributed by atoms with Gasteiger partial charge in [0.1, 0.15) is 17.9 Å². The van der Waals surface area contributed by atoms with Crippen LogP contribution < -0.4 is 10.6 Å². The molecule has 7 nitrogen and oxygen atoms in total. The summed E-state index contributed by atoms with van der Waals surface area (Å²) in [7, 11) is 0. The molecule has 0 bridgehead atoms. The number of nitrogens with one attached hydrogen (secondary N) is 2. The summed E-state index contributed by atoms with van der Waals surface area (Å²) in [6.45, 7) is 1.25. The number of carboxylic acids is 1. The molecule has 0 saturated carbocycles. The summed E-state index contributed by atoms with van der Waals surface area (Å²) in [4.78, 5) is 35.7. The maximum atomic E-state index is 13.1. The highest BCUT2D eigenvalue weighted by Crippen LogP contribution is 2.09. The Balaban J connectivity index is 2.12. The Morgan fingerprint density at radius 3 is 1.97 bits per heavy atom. The van der Waals surface area contributed by atoms with Crippen molar-refractivity contribution < 1.29 is 23.9 Å². The SMILES string of the molecule is CC(=O)N[C@@H](Cc1ccc(F)cc1)C(=O)N[C@H](Cc1ccc(C#N)cc1)C(=O)O. The van der Waals surface area contributed by atoms with Gasteiger partial charge in [-0.15, -0.1) is 0 Å². The van der Waals surface area contributed by atoms with E-state index >= 15 is 0 Å². The van der Waals surface area contributed by atoms with E-state index in [0.29, 0.717) is 16.7 Å². The predicted molar refractivity (Wildman–Crippen MR) is 102 cm³/mol. The van der Waals surface area contributed by atoms with Crippen LogP contribution in [0.3, 0.4) is 0 Å². The van der Waals surface area contributed by atoms with Crippen LogP contribution in [0, 0.1) is 17.1 Å². The van der Waals surface area contributed by atoms with E-state index in [4.69, 9.17) is 5.26 Å².